The monoisotopic (exact) mass is 323 g/mol. The molecule has 2 aromatic rings. The standard InChI is InChI=1S/C14H17N3O2S2/c1-11-2-4-13(5-3-11)21(18,19)15-7-6-12-10-17-8-9-20-14(17)16-12/h2-5,10,15H,6-9H2,1H3. The largest absolute Gasteiger partial charge is 0.325 e. The summed E-state index contributed by atoms with van der Waals surface area (Å²) in [6, 6.07) is 6.84. The molecule has 0 radical (unpaired) electrons. The van der Waals surface area contributed by atoms with Crippen molar-refractivity contribution in [2.75, 3.05) is 12.3 Å². The van der Waals surface area contributed by atoms with Crippen molar-refractivity contribution < 1.29 is 8.42 Å². The molecule has 1 aliphatic heterocycles. The Hall–Kier alpha value is -1.31. The third-order valence-corrected chi connectivity index (χ3v) is 5.81. The lowest BCUT2D eigenvalue weighted by molar-refractivity contribution is 0.581. The first-order valence-electron chi connectivity index (χ1n) is 6.80. The molecule has 1 aliphatic rings. The van der Waals surface area contributed by atoms with Crippen LogP contribution in [0.25, 0.3) is 0 Å². The van der Waals surface area contributed by atoms with E-state index in [9.17, 15) is 8.42 Å². The highest BCUT2D eigenvalue weighted by Crippen LogP contribution is 2.24. The van der Waals surface area contributed by atoms with Crippen LogP contribution in [0.2, 0.25) is 0 Å². The lowest BCUT2D eigenvalue weighted by atomic mass is 10.2. The van der Waals surface area contributed by atoms with Crippen molar-refractivity contribution in [3.8, 4) is 0 Å². The maximum atomic E-state index is 12.1. The van der Waals surface area contributed by atoms with E-state index in [0.29, 0.717) is 17.9 Å². The number of thioether (sulfide) groups is 1. The summed E-state index contributed by atoms with van der Waals surface area (Å²) in [6.07, 6.45) is 2.61. The van der Waals surface area contributed by atoms with Crippen molar-refractivity contribution in [2.24, 2.45) is 0 Å². The zero-order valence-electron chi connectivity index (χ0n) is 11.7. The van der Waals surface area contributed by atoms with Crippen LogP contribution >= 0.6 is 11.8 Å². The van der Waals surface area contributed by atoms with E-state index in [1.807, 2.05) is 13.1 Å². The van der Waals surface area contributed by atoms with E-state index in [-0.39, 0.29) is 0 Å². The van der Waals surface area contributed by atoms with E-state index in [1.54, 1.807) is 36.0 Å². The number of fused-ring (bicyclic) bond motifs is 1. The first-order chi connectivity index (χ1) is 10.0. The molecule has 0 aliphatic carbocycles. The molecule has 0 saturated carbocycles. The maximum Gasteiger partial charge on any atom is 0.240 e. The molecule has 0 spiro atoms. The summed E-state index contributed by atoms with van der Waals surface area (Å²) in [6.45, 7) is 3.28. The van der Waals surface area contributed by atoms with Crippen LogP contribution in [0.5, 0.6) is 0 Å². The van der Waals surface area contributed by atoms with Gasteiger partial charge in [-0.3, -0.25) is 0 Å². The summed E-state index contributed by atoms with van der Waals surface area (Å²) in [7, 11) is -3.43. The Morgan fingerprint density at radius 2 is 2.10 bits per heavy atom. The van der Waals surface area contributed by atoms with Crippen LogP contribution < -0.4 is 4.72 Å². The van der Waals surface area contributed by atoms with E-state index in [4.69, 9.17) is 0 Å². The second-order valence-corrected chi connectivity index (χ2v) is 7.85. The number of nitrogens with zero attached hydrogens (tertiary/aromatic N) is 2. The molecule has 1 aromatic heterocycles. The van der Waals surface area contributed by atoms with Gasteiger partial charge >= 0.3 is 0 Å². The van der Waals surface area contributed by atoms with Gasteiger partial charge in [0, 0.05) is 31.5 Å². The predicted octanol–water partition coefficient (Wildman–Crippen LogP) is 1.82. The van der Waals surface area contributed by atoms with Gasteiger partial charge in [-0.25, -0.2) is 18.1 Å². The molecule has 0 bridgehead atoms. The van der Waals surface area contributed by atoms with Crippen LogP contribution in [-0.2, 0) is 23.0 Å². The number of hydrogen-bond donors (Lipinski definition) is 1. The summed E-state index contributed by atoms with van der Waals surface area (Å²) in [4.78, 5) is 4.79. The van der Waals surface area contributed by atoms with E-state index in [0.717, 1.165) is 28.7 Å². The lowest BCUT2D eigenvalue weighted by Crippen LogP contribution is -2.26. The van der Waals surface area contributed by atoms with Crippen LogP contribution in [0.1, 0.15) is 11.3 Å². The normalized spacial score (nSPS) is 14.3. The Morgan fingerprint density at radius 3 is 2.81 bits per heavy atom. The first kappa shape index (κ1) is 14.6. The van der Waals surface area contributed by atoms with Gasteiger partial charge in [-0.15, -0.1) is 0 Å². The molecule has 1 aromatic carbocycles. The minimum Gasteiger partial charge on any atom is -0.325 e. The molecule has 5 nitrogen and oxygen atoms in total. The van der Waals surface area contributed by atoms with E-state index in [2.05, 4.69) is 14.3 Å². The fourth-order valence-corrected chi connectivity index (χ4v) is 4.19. The SMILES string of the molecule is Cc1ccc(S(=O)(=O)NCCc2cn3c(n2)SCC3)cc1. The van der Waals surface area contributed by atoms with Crippen molar-refractivity contribution in [1.82, 2.24) is 14.3 Å². The van der Waals surface area contributed by atoms with Gasteiger partial charge in [-0.2, -0.15) is 0 Å². The molecular formula is C14H17N3O2S2. The predicted molar refractivity (Wildman–Crippen MR) is 83.0 cm³/mol. The van der Waals surface area contributed by atoms with Gasteiger partial charge in [0.15, 0.2) is 5.16 Å². The zero-order chi connectivity index (χ0) is 14.9. The number of rotatable bonds is 5. The van der Waals surface area contributed by atoms with Gasteiger partial charge in [0.25, 0.3) is 0 Å². The summed E-state index contributed by atoms with van der Waals surface area (Å²) >= 11 is 1.74. The minimum atomic E-state index is -3.43. The lowest BCUT2D eigenvalue weighted by Gasteiger charge is -2.06. The number of aryl methyl sites for hydroxylation is 2. The number of sulfonamides is 1. The highest BCUT2D eigenvalue weighted by molar-refractivity contribution is 7.99. The molecule has 0 saturated heterocycles. The Kier molecular flexibility index (Phi) is 4.05. The number of aromatic nitrogens is 2. The van der Waals surface area contributed by atoms with Crippen molar-refractivity contribution in [1.29, 1.82) is 0 Å². The number of hydrogen-bond acceptors (Lipinski definition) is 4. The first-order valence-corrected chi connectivity index (χ1v) is 9.27. The summed E-state index contributed by atoms with van der Waals surface area (Å²) in [5.74, 6) is 1.07. The van der Waals surface area contributed by atoms with Gasteiger partial charge < -0.3 is 4.57 Å². The highest BCUT2D eigenvalue weighted by Gasteiger charge is 2.16. The Labute approximate surface area is 128 Å². The van der Waals surface area contributed by atoms with Crippen LogP contribution in [-0.4, -0.2) is 30.3 Å². The van der Waals surface area contributed by atoms with Crippen LogP contribution in [0.3, 0.4) is 0 Å². The number of benzene rings is 1. The average Bonchev–Trinajstić information content (AvgIpc) is 3.00. The molecule has 0 fully saturated rings. The van der Waals surface area contributed by atoms with Gasteiger partial charge in [0.05, 0.1) is 10.6 Å². The smallest absolute Gasteiger partial charge is 0.240 e. The molecule has 112 valence electrons. The van der Waals surface area contributed by atoms with Gasteiger partial charge in [0.1, 0.15) is 0 Å². The highest BCUT2D eigenvalue weighted by atomic mass is 32.2. The summed E-state index contributed by atoms with van der Waals surface area (Å²) < 4.78 is 29.0. The second kappa shape index (κ2) is 5.82. The topological polar surface area (TPSA) is 64.0 Å². The molecule has 3 rings (SSSR count). The average molecular weight is 323 g/mol. The van der Waals surface area contributed by atoms with Crippen molar-refractivity contribution in [3.05, 3.63) is 41.7 Å². The van der Waals surface area contributed by atoms with Crippen LogP contribution in [0.4, 0.5) is 0 Å². The Balaban J connectivity index is 1.60. The van der Waals surface area contributed by atoms with Gasteiger partial charge in [-0.1, -0.05) is 29.5 Å². The van der Waals surface area contributed by atoms with Gasteiger partial charge in [0.2, 0.25) is 10.0 Å². The van der Waals surface area contributed by atoms with E-state index < -0.39 is 10.0 Å². The summed E-state index contributed by atoms with van der Waals surface area (Å²) in [5.41, 5.74) is 1.97. The van der Waals surface area contributed by atoms with Gasteiger partial charge in [-0.05, 0) is 19.1 Å². The molecule has 0 atom stereocenters. The Bertz CT molecular complexity index is 715. The molecule has 21 heavy (non-hydrogen) atoms. The second-order valence-electron chi connectivity index (χ2n) is 5.02. The van der Waals surface area contributed by atoms with Crippen molar-refractivity contribution in [3.63, 3.8) is 0 Å². The quantitative estimate of drug-likeness (QED) is 0.911. The molecular weight excluding hydrogens is 306 g/mol. The molecule has 0 amide bonds. The van der Waals surface area contributed by atoms with E-state index >= 15 is 0 Å². The zero-order valence-corrected chi connectivity index (χ0v) is 13.4. The third-order valence-electron chi connectivity index (χ3n) is 3.36. The van der Waals surface area contributed by atoms with Crippen molar-refractivity contribution >= 4 is 21.8 Å². The number of imidazole rings is 1. The Morgan fingerprint density at radius 1 is 1.33 bits per heavy atom. The summed E-state index contributed by atoms with van der Waals surface area (Å²) in [5, 5.41) is 1.03. The third kappa shape index (κ3) is 3.30. The molecule has 1 N–H and O–H groups in total. The van der Waals surface area contributed by atoms with E-state index in [1.165, 1.54) is 0 Å². The fraction of sp³-hybridized carbons (Fsp3) is 0.357. The maximum absolute atomic E-state index is 12.1. The minimum absolute atomic E-state index is 0.302. The van der Waals surface area contributed by atoms with Crippen LogP contribution in [0.15, 0.2) is 40.5 Å². The molecule has 7 heteroatoms. The van der Waals surface area contributed by atoms with Crippen molar-refractivity contribution in [2.45, 2.75) is 29.9 Å². The molecule has 2 heterocycles. The molecule has 0 unspecified atom stereocenters. The number of nitrogens with one attached hydrogen (secondary N) is 1. The van der Waals surface area contributed by atoms with Crippen LogP contribution in [0, 0.1) is 6.92 Å². The fourth-order valence-electron chi connectivity index (χ4n) is 2.20.